The molecule has 19 heavy (non-hydrogen) atoms. The molecule has 0 radical (unpaired) electrons. The van der Waals surface area contributed by atoms with Crippen LogP contribution in [0.1, 0.15) is 21.6 Å². The Morgan fingerprint density at radius 3 is 3.05 bits per heavy atom. The molecule has 1 aromatic heterocycles. The second-order valence-corrected chi connectivity index (χ2v) is 4.47. The van der Waals surface area contributed by atoms with E-state index in [4.69, 9.17) is 5.26 Å². The van der Waals surface area contributed by atoms with Gasteiger partial charge in [-0.25, -0.2) is 0 Å². The lowest BCUT2D eigenvalue weighted by Gasteiger charge is -2.27. The lowest BCUT2D eigenvalue weighted by Crippen LogP contribution is -2.38. The molecule has 0 unspecified atom stereocenters. The van der Waals surface area contributed by atoms with Gasteiger partial charge in [0.2, 0.25) is 0 Å². The van der Waals surface area contributed by atoms with E-state index in [-0.39, 0.29) is 5.91 Å². The van der Waals surface area contributed by atoms with Crippen molar-refractivity contribution in [3.8, 4) is 6.07 Å². The minimum Gasteiger partial charge on any atom is -0.331 e. The van der Waals surface area contributed by atoms with E-state index in [1.807, 2.05) is 10.7 Å². The fourth-order valence-corrected chi connectivity index (χ4v) is 2.26. The van der Waals surface area contributed by atoms with Crippen LogP contribution >= 0.6 is 0 Å². The van der Waals surface area contributed by atoms with Crippen LogP contribution in [0.15, 0.2) is 36.5 Å². The molecule has 0 aliphatic carbocycles. The molecule has 1 aliphatic heterocycles. The Morgan fingerprint density at radius 2 is 2.21 bits per heavy atom. The van der Waals surface area contributed by atoms with Crippen molar-refractivity contribution in [3.63, 3.8) is 0 Å². The molecule has 0 atom stereocenters. The molecule has 2 heterocycles. The maximum Gasteiger partial charge on any atom is 0.254 e. The largest absolute Gasteiger partial charge is 0.331 e. The molecule has 0 saturated heterocycles. The van der Waals surface area contributed by atoms with Crippen LogP contribution in [0.3, 0.4) is 0 Å². The number of fused-ring (bicyclic) bond motifs is 1. The maximum atomic E-state index is 12.4. The number of nitriles is 1. The Balaban J connectivity index is 1.84. The van der Waals surface area contributed by atoms with Crippen molar-refractivity contribution in [3.05, 3.63) is 53.3 Å². The highest BCUT2D eigenvalue weighted by molar-refractivity contribution is 5.94. The predicted molar refractivity (Wildman–Crippen MR) is 68.1 cm³/mol. The molecule has 3 rings (SSSR count). The van der Waals surface area contributed by atoms with Gasteiger partial charge in [-0.1, -0.05) is 6.07 Å². The van der Waals surface area contributed by atoms with Gasteiger partial charge in [-0.05, 0) is 24.3 Å². The standard InChI is InChI=1S/C14H12N4O/c15-9-11-2-1-3-12(8-11)14(19)17-6-7-18-13(10-17)4-5-16-18/h1-5,8H,6-7,10H2. The topological polar surface area (TPSA) is 61.9 Å². The highest BCUT2D eigenvalue weighted by atomic mass is 16.2. The van der Waals surface area contributed by atoms with E-state index < -0.39 is 0 Å². The Bertz CT molecular complexity index is 668. The normalized spacial score (nSPS) is 13.7. The summed E-state index contributed by atoms with van der Waals surface area (Å²) in [6, 6.07) is 10.8. The summed E-state index contributed by atoms with van der Waals surface area (Å²) in [5.74, 6) is -0.0375. The van der Waals surface area contributed by atoms with Gasteiger partial charge in [-0.3, -0.25) is 9.48 Å². The van der Waals surface area contributed by atoms with Crippen molar-refractivity contribution in [2.24, 2.45) is 0 Å². The van der Waals surface area contributed by atoms with Gasteiger partial charge in [0.05, 0.1) is 30.4 Å². The van der Waals surface area contributed by atoms with Crippen LogP contribution in [-0.4, -0.2) is 27.1 Å². The fourth-order valence-electron chi connectivity index (χ4n) is 2.26. The van der Waals surface area contributed by atoms with Gasteiger partial charge in [0.1, 0.15) is 0 Å². The Kier molecular flexibility index (Phi) is 2.76. The summed E-state index contributed by atoms with van der Waals surface area (Å²) in [7, 11) is 0. The highest BCUT2D eigenvalue weighted by Gasteiger charge is 2.22. The van der Waals surface area contributed by atoms with Crippen molar-refractivity contribution in [2.75, 3.05) is 6.54 Å². The number of carbonyl (C=O) groups excluding carboxylic acids is 1. The minimum absolute atomic E-state index is 0.0375. The minimum atomic E-state index is -0.0375. The molecule has 1 amide bonds. The van der Waals surface area contributed by atoms with Crippen LogP contribution in [0.5, 0.6) is 0 Å². The third-order valence-electron chi connectivity index (χ3n) is 3.26. The molecule has 5 heteroatoms. The first-order valence-corrected chi connectivity index (χ1v) is 6.08. The van der Waals surface area contributed by atoms with E-state index in [0.717, 1.165) is 5.69 Å². The third kappa shape index (κ3) is 2.08. The molecule has 5 nitrogen and oxygen atoms in total. The summed E-state index contributed by atoms with van der Waals surface area (Å²) in [5.41, 5.74) is 2.11. The summed E-state index contributed by atoms with van der Waals surface area (Å²) in [6.45, 7) is 1.92. The van der Waals surface area contributed by atoms with Crippen LogP contribution in [-0.2, 0) is 13.1 Å². The van der Waals surface area contributed by atoms with E-state index in [1.165, 1.54) is 0 Å². The van der Waals surface area contributed by atoms with Gasteiger partial charge >= 0.3 is 0 Å². The molecule has 0 bridgehead atoms. The lowest BCUT2D eigenvalue weighted by atomic mass is 10.1. The van der Waals surface area contributed by atoms with Crippen molar-refractivity contribution in [1.82, 2.24) is 14.7 Å². The summed E-state index contributed by atoms with van der Waals surface area (Å²) < 4.78 is 1.91. The molecule has 0 saturated carbocycles. The number of hydrogen-bond donors (Lipinski definition) is 0. The van der Waals surface area contributed by atoms with Gasteiger partial charge in [0, 0.05) is 18.3 Å². The monoisotopic (exact) mass is 252 g/mol. The van der Waals surface area contributed by atoms with Crippen LogP contribution in [0.2, 0.25) is 0 Å². The molecule has 0 N–H and O–H groups in total. The second-order valence-electron chi connectivity index (χ2n) is 4.47. The number of nitrogens with zero attached hydrogens (tertiary/aromatic N) is 4. The first kappa shape index (κ1) is 11.5. The van der Waals surface area contributed by atoms with Crippen LogP contribution in [0.4, 0.5) is 0 Å². The first-order valence-electron chi connectivity index (χ1n) is 6.08. The fraction of sp³-hybridized carbons (Fsp3) is 0.214. The molecular weight excluding hydrogens is 240 g/mol. The lowest BCUT2D eigenvalue weighted by molar-refractivity contribution is 0.0706. The van der Waals surface area contributed by atoms with Crippen molar-refractivity contribution < 1.29 is 4.79 Å². The Hall–Kier alpha value is -2.61. The zero-order valence-electron chi connectivity index (χ0n) is 10.3. The number of hydrogen-bond acceptors (Lipinski definition) is 3. The number of benzene rings is 1. The van der Waals surface area contributed by atoms with Gasteiger partial charge < -0.3 is 4.90 Å². The number of carbonyl (C=O) groups is 1. The van der Waals surface area contributed by atoms with E-state index >= 15 is 0 Å². The van der Waals surface area contributed by atoms with Crippen molar-refractivity contribution >= 4 is 5.91 Å². The molecule has 94 valence electrons. The maximum absolute atomic E-state index is 12.4. The van der Waals surface area contributed by atoms with E-state index in [0.29, 0.717) is 30.8 Å². The van der Waals surface area contributed by atoms with E-state index in [2.05, 4.69) is 11.2 Å². The van der Waals surface area contributed by atoms with Gasteiger partial charge in [0.15, 0.2) is 0 Å². The first-order chi connectivity index (χ1) is 9.28. The number of aromatic nitrogens is 2. The van der Waals surface area contributed by atoms with Crippen molar-refractivity contribution in [1.29, 1.82) is 5.26 Å². The quantitative estimate of drug-likeness (QED) is 0.771. The van der Waals surface area contributed by atoms with Crippen LogP contribution in [0, 0.1) is 11.3 Å². The molecule has 0 fully saturated rings. The van der Waals surface area contributed by atoms with Gasteiger partial charge in [-0.15, -0.1) is 0 Å². The number of rotatable bonds is 1. The molecule has 1 aromatic carbocycles. The summed E-state index contributed by atoms with van der Waals surface area (Å²) in [4.78, 5) is 14.2. The zero-order chi connectivity index (χ0) is 13.2. The summed E-state index contributed by atoms with van der Waals surface area (Å²) in [6.07, 6.45) is 1.75. The van der Waals surface area contributed by atoms with Gasteiger partial charge in [0.25, 0.3) is 5.91 Å². The molecular formula is C14H12N4O. The SMILES string of the molecule is N#Cc1cccc(C(=O)N2CCn3nccc3C2)c1. The average Bonchev–Trinajstić information content (AvgIpc) is 2.94. The smallest absolute Gasteiger partial charge is 0.254 e. The summed E-state index contributed by atoms with van der Waals surface area (Å²) >= 11 is 0. The second kappa shape index (κ2) is 4.58. The average molecular weight is 252 g/mol. The molecule has 1 aliphatic rings. The molecule has 2 aromatic rings. The summed E-state index contributed by atoms with van der Waals surface area (Å²) in [5, 5.41) is 13.1. The van der Waals surface area contributed by atoms with E-state index in [1.54, 1.807) is 35.4 Å². The zero-order valence-corrected chi connectivity index (χ0v) is 10.3. The van der Waals surface area contributed by atoms with Crippen LogP contribution < -0.4 is 0 Å². The highest BCUT2D eigenvalue weighted by Crippen LogP contribution is 2.15. The van der Waals surface area contributed by atoms with Crippen LogP contribution in [0.25, 0.3) is 0 Å². The Morgan fingerprint density at radius 1 is 1.32 bits per heavy atom. The molecule has 0 spiro atoms. The van der Waals surface area contributed by atoms with Crippen molar-refractivity contribution in [2.45, 2.75) is 13.1 Å². The van der Waals surface area contributed by atoms with Gasteiger partial charge in [-0.2, -0.15) is 10.4 Å². The Labute approximate surface area is 110 Å². The third-order valence-corrected chi connectivity index (χ3v) is 3.26. The predicted octanol–water partition coefficient (Wildman–Crippen LogP) is 1.41. The number of amides is 1. The van der Waals surface area contributed by atoms with E-state index in [9.17, 15) is 4.79 Å².